The van der Waals surface area contributed by atoms with Crippen LogP contribution in [0.5, 0.6) is 0 Å². The van der Waals surface area contributed by atoms with Crippen molar-refractivity contribution in [2.24, 2.45) is 0 Å². The van der Waals surface area contributed by atoms with E-state index in [1.165, 1.54) is 12.8 Å². The van der Waals surface area contributed by atoms with Gasteiger partial charge in [0.05, 0.1) is 4.92 Å². The maximum absolute atomic E-state index is 11.5. The lowest BCUT2D eigenvalue weighted by Gasteiger charge is -2.34. The number of benzene rings is 1. The molecule has 2 fully saturated rings. The molecule has 6 nitrogen and oxygen atoms in total. The van der Waals surface area contributed by atoms with Crippen molar-refractivity contribution in [3.05, 3.63) is 27.8 Å². The van der Waals surface area contributed by atoms with Crippen molar-refractivity contribution < 1.29 is 4.92 Å². The van der Waals surface area contributed by atoms with Gasteiger partial charge in [0.15, 0.2) is 0 Å². The summed E-state index contributed by atoms with van der Waals surface area (Å²) >= 11 is 0. The number of nitro groups is 1. The zero-order chi connectivity index (χ0) is 15.7. The summed E-state index contributed by atoms with van der Waals surface area (Å²) in [5.74, 6) is 0. The summed E-state index contributed by atoms with van der Waals surface area (Å²) in [6, 6.07) is 3.80. The molecule has 2 aliphatic heterocycles. The predicted octanol–water partition coefficient (Wildman–Crippen LogP) is 2.26. The SMILES string of the molecule is Cc1cc([N+](=O)[O-])c(N2CCN(C)CC2)cc1N1CCCC1. The van der Waals surface area contributed by atoms with Crippen molar-refractivity contribution in [3.63, 3.8) is 0 Å². The van der Waals surface area contributed by atoms with Gasteiger partial charge in [-0.1, -0.05) is 0 Å². The van der Waals surface area contributed by atoms with E-state index in [-0.39, 0.29) is 10.6 Å². The second kappa shape index (κ2) is 6.12. The van der Waals surface area contributed by atoms with E-state index in [2.05, 4.69) is 21.7 Å². The Morgan fingerprint density at radius 2 is 1.55 bits per heavy atom. The smallest absolute Gasteiger partial charge is 0.292 e. The molecule has 0 aromatic heterocycles. The number of aryl methyl sites for hydroxylation is 1. The van der Waals surface area contributed by atoms with Crippen LogP contribution in [0.3, 0.4) is 0 Å². The minimum absolute atomic E-state index is 0.241. The molecule has 0 radical (unpaired) electrons. The van der Waals surface area contributed by atoms with E-state index in [4.69, 9.17) is 0 Å². The number of nitro benzene ring substituents is 1. The van der Waals surface area contributed by atoms with Crippen LogP contribution in [0.2, 0.25) is 0 Å². The van der Waals surface area contributed by atoms with Gasteiger partial charge in [-0.2, -0.15) is 0 Å². The monoisotopic (exact) mass is 304 g/mol. The van der Waals surface area contributed by atoms with Crippen LogP contribution < -0.4 is 9.80 Å². The van der Waals surface area contributed by atoms with Crippen molar-refractivity contribution in [2.45, 2.75) is 19.8 Å². The second-order valence-corrected chi connectivity index (χ2v) is 6.37. The Kier molecular flexibility index (Phi) is 4.20. The van der Waals surface area contributed by atoms with E-state index in [0.29, 0.717) is 0 Å². The average Bonchev–Trinajstić information content (AvgIpc) is 3.02. The highest BCUT2D eigenvalue weighted by Crippen LogP contribution is 2.37. The highest BCUT2D eigenvalue weighted by Gasteiger charge is 2.26. The normalized spacial score (nSPS) is 19.7. The number of likely N-dealkylation sites (N-methyl/N-ethyl adjacent to an activating group) is 1. The number of anilines is 2. The van der Waals surface area contributed by atoms with Gasteiger partial charge in [0.1, 0.15) is 5.69 Å². The average molecular weight is 304 g/mol. The van der Waals surface area contributed by atoms with Crippen molar-refractivity contribution in [1.82, 2.24) is 4.90 Å². The lowest BCUT2D eigenvalue weighted by molar-refractivity contribution is -0.384. The van der Waals surface area contributed by atoms with E-state index in [0.717, 1.165) is 56.2 Å². The molecule has 0 spiro atoms. The number of piperazine rings is 1. The molecule has 0 N–H and O–H groups in total. The zero-order valence-electron chi connectivity index (χ0n) is 13.4. The molecule has 0 amide bonds. The summed E-state index contributed by atoms with van der Waals surface area (Å²) in [6.45, 7) is 7.68. The minimum Gasteiger partial charge on any atom is -0.371 e. The van der Waals surface area contributed by atoms with Gasteiger partial charge in [-0.05, 0) is 38.4 Å². The zero-order valence-corrected chi connectivity index (χ0v) is 13.4. The molecule has 1 aromatic rings. The van der Waals surface area contributed by atoms with E-state index >= 15 is 0 Å². The van der Waals surface area contributed by atoms with Crippen LogP contribution in [0, 0.1) is 17.0 Å². The highest BCUT2D eigenvalue weighted by atomic mass is 16.6. The molecule has 120 valence electrons. The van der Waals surface area contributed by atoms with E-state index in [1.54, 1.807) is 6.07 Å². The molecule has 0 saturated carbocycles. The highest BCUT2D eigenvalue weighted by molar-refractivity contribution is 5.73. The summed E-state index contributed by atoms with van der Waals surface area (Å²) < 4.78 is 0. The summed E-state index contributed by atoms with van der Waals surface area (Å²) in [5.41, 5.74) is 3.19. The molecule has 0 atom stereocenters. The standard InChI is InChI=1S/C16H24N4O2/c1-13-11-16(20(21)22)15(19-9-7-17(2)8-10-19)12-14(13)18-5-3-4-6-18/h11-12H,3-10H2,1-2H3. The van der Waals surface area contributed by atoms with Crippen LogP contribution in [0.15, 0.2) is 12.1 Å². The third-order valence-corrected chi connectivity index (χ3v) is 4.78. The molecule has 3 rings (SSSR count). The van der Waals surface area contributed by atoms with E-state index in [9.17, 15) is 10.1 Å². The van der Waals surface area contributed by atoms with Gasteiger partial charge in [-0.25, -0.2) is 0 Å². The van der Waals surface area contributed by atoms with Gasteiger partial charge in [0, 0.05) is 51.0 Å². The first-order valence-corrected chi connectivity index (χ1v) is 8.04. The number of hydrogen-bond acceptors (Lipinski definition) is 5. The first-order valence-electron chi connectivity index (χ1n) is 8.04. The largest absolute Gasteiger partial charge is 0.371 e. The Hall–Kier alpha value is -1.82. The summed E-state index contributed by atoms with van der Waals surface area (Å²) in [5, 5.41) is 11.5. The molecule has 22 heavy (non-hydrogen) atoms. The first kappa shape index (κ1) is 15.1. The Morgan fingerprint density at radius 1 is 0.955 bits per heavy atom. The van der Waals surface area contributed by atoms with Gasteiger partial charge >= 0.3 is 0 Å². The molecule has 6 heteroatoms. The predicted molar refractivity (Wildman–Crippen MR) is 89.0 cm³/mol. The van der Waals surface area contributed by atoms with Crippen molar-refractivity contribution >= 4 is 17.1 Å². The molecular formula is C16H24N4O2. The summed E-state index contributed by atoms with van der Waals surface area (Å²) in [7, 11) is 2.09. The van der Waals surface area contributed by atoms with Crippen LogP contribution in [0.4, 0.5) is 17.1 Å². The molecular weight excluding hydrogens is 280 g/mol. The Morgan fingerprint density at radius 3 is 2.14 bits per heavy atom. The van der Waals surface area contributed by atoms with Gasteiger partial charge in [0.25, 0.3) is 5.69 Å². The molecule has 2 aliphatic rings. The number of hydrogen-bond donors (Lipinski definition) is 0. The summed E-state index contributed by atoms with van der Waals surface area (Å²) in [4.78, 5) is 18.0. The fourth-order valence-corrected chi connectivity index (χ4v) is 3.42. The van der Waals surface area contributed by atoms with Crippen molar-refractivity contribution in [1.29, 1.82) is 0 Å². The third kappa shape index (κ3) is 2.88. The molecule has 1 aromatic carbocycles. The Bertz CT molecular complexity index is 562. The van der Waals surface area contributed by atoms with Gasteiger partial charge in [-0.3, -0.25) is 10.1 Å². The summed E-state index contributed by atoms with van der Waals surface area (Å²) in [6.07, 6.45) is 2.42. The van der Waals surface area contributed by atoms with E-state index < -0.39 is 0 Å². The van der Waals surface area contributed by atoms with Gasteiger partial charge < -0.3 is 14.7 Å². The number of nitrogens with zero attached hydrogens (tertiary/aromatic N) is 4. The van der Waals surface area contributed by atoms with Gasteiger partial charge in [0.2, 0.25) is 0 Å². The second-order valence-electron chi connectivity index (χ2n) is 6.37. The molecule has 0 bridgehead atoms. The van der Waals surface area contributed by atoms with Crippen LogP contribution >= 0.6 is 0 Å². The topological polar surface area (TPSA) is 52.9 Å². The molecule has 0 aliphatic carbocycles. The molecule has 2 saturated heterocycles. The molecule has 2 heterocycles. The minimum atomic E-state index is -0.242. The van der Waals surface area contributed by atoms with Crippen LogP contribution in [0.1, 0.15) is 18.4 Å². The Balaban J connectivity index is 1.97. The van der Waals surface area contributed by atoms with Crippen LogP contribution in [0.25, 0.3) is 0 Å². The lowest BCUT2D eigenvalue weighted by Crippen LogP contribution is -2.44. The molecule has 0 unspecified atom stereocenters. The maximum atomic E-state index is 11.5. The van der Waals surface area contributed by atoms with Crippen LogP contribution in [-0.2, 0) is 0 Å². The van der Waals surface area contributed by atoms with Gasteiger partial charge in [-0.15, -0.1) is 0 Å². The number of rotatable bonds is 3. The Labute approximate surface area is 131 Å². The first-order chi connectivity index (χ1) is 10.6. The fourth-order valence-electron chi connectivity index (χ4n) is 3.42. The maximum Gasteiger partial charge on any atom is 0.292 e. The van der Waals surface area contributed by atoms with Crippen molar-refractivity contribution in [3.8, 4) is 0 Å². The van der Waals surface area contributed by atoms with E-state index in [1.807, 2.05) is 13.0 Å². The van der Waals surface area contributed by atoms with Crippen LogP contribution in [-0.4, -0.2) is 56.1 Å². The quantitative estimate of drug-likeness (QED) is 0.633. The fraction of sp³-hybridized carbons (Fsp3) is 0.625. The van der Waals surface area contributed by atoms with Crippen molar-refractivity contribution in [2.75, 3.05) is 56.1 Å². The lowest BCUT2D eigenvalue weighted by atomic mass is 10.1. The third-order valence-electron chi connectivity index (χ3n) is 4.78.